The second kappa shape index (κ2) is 4.00. The molecular formula is C17H28O3. The van der Waals surface area contributed by atoms with Gasteiger partial charge in [0.1, 0.15) is 5.60 Å². The first-order valence-corrected chi connectivity index (χ1v) is 7.99. The van der Waals surface area contributed by atoms with E-state index >= 15 is 0 Å². The van der Waals surface area contributed by atoms with Crippen molar-refractivity contribution in [1.82, 2.24) is 0 Å². The van der Waals surface area contributed by atoms with Gasteiger partial charge in [0.15, 0.2) is 0 Å². The van der Waals surface area contributed by atoms with Gasteiger partial charge in [-0.15, -0.1) is 0 Å². The average molecular weight is 280 g/mol. The molecule has 0 aromatic rings. The topological polar surface area (TPSA) is 46.5 Å². The van der Waals surface area contributed by atoms with Crippen molar-refractivity contribution in [2.45, 2.75) is 71.5 Å². The van der Waals surface area contributed by atoms with Crippen molar-refractivity contribution in [1.29, 1.82) is 0 Å². The lowest BCUT2D eigenvalue weighted by Gasteiger charge is -2.69. The Labute approximate surface area is 122 Å². The molecule has 3 aliphatic rings. The van der Waals surface area contributed by atoms with E-state index in [0.717, 1.165) is 18.8 Å². The molecule has 3 saturated carbocycles. The highest BCUT2D eigenvalue weighted by atomic mass is 16.6. The van der Waals surface area contributed by atoms with E-state index in [1.54, 1.807) is 0 Å². The van der Waals surface area contributed by atoms with Crippen molar-refractivity contribution in [3.05, 3.63) is 0 Å². The number of carbonyl (C=O) groups excluding carboxylic acids is 1. The number of rotatable bonds is 2. The quantitative estimate of drug-likeness (QED) is 0.790. The van der Waals surface area contributed by atoms with Crippen LogP contribution < -0.4 is 0 Å². The first-order valence-electron chi connectivity index (χ1n) is 7.99. The summed E-state index contributed by atoms with van der Waals surface area (Å²) in [6.07, 6.45) is 3.68. The van der Waals surface area contributed by atoms with Crippen molar-refractivity contribution in [2.24, 2.45) is 29.1 Å². The molecule has 0 aromatic heterocycles. The Morgan fingerprint density at radius 2 is 1.90 bits per heavy atom. The van der Waals surface area contributed by atoms with Gasteiger partial charge in [0.25, 0.3) is 0 Å². The molecule has 0 spiro atoms. The molecule has 6 unspecified atom stereocenters. The Morgan fingerprint density at radius 1 is 1.30 bits per heavy atom. The zero-order valence-corrected chi connectivity index (χ0v) is 13.4. The highest BCUT2D eigenvalue weighted by Gasteiger charge is 2.70. The lowest BCUT2D eigenvalue weighted by molar-refractivity contribution is -0.290. The van der Waals surface area contributed by atoms with Crippen LogP contribution in [-0.4, -0.2) is 22.3 Å². The second-order valence-corrected chi connectivity index (χ2v) is 8.94. The first kappa shape index (κ1) is 14.4. The third-order valence-electron chi connectivity index (χ3n) is 6.17. The molecule has 3 nitrogen and oxygen atoms in total. The minimum absolute atomic E-state index is 0.0763. The van der Waals surface area contributed by atoms with Crippen molar-refractivity contribution < 1.29 is 14.6 Å². The molecule has 3 heteroatoms. The standard InChI is InChI=1S/C17H28O3/c1-10(15(2,3)4)14(18)20-17-8-12-6-11(13(12)17)7-16(5,19)9-17/h10-13,19H,6-9H2,1-5H3. The van der Waals surface area contributed by atoms with Crippen LogP contribution in [0.3, 0.4) is 0 Å². The van der Waals surface area contributed by atoms with Gasteiger partial charge in [-0.25, -0.2) is 0 Å². The number of hydrogen-bond acceptors (Lipinski definition) is 3. The van der Waals surface area contributed by atoms with Crippen LogP contribution in [0, 0.1) is 29.1 Å². The Balaban J connectivity index is 1.75. The fourth-order valence-corrected chi connectivity index (χ4v) is 4.83. The number of ether oxygens (including phenoxy) is 1. The van der Waals surface area contributed by atoms with Gasteiger partial charge in [-0.3, -0.25) is 4.79 Å². The predicted octanol–water partition coefficient (Wildman–Crippen LogP) is 3.15. The molecule has 3 fully saturated rings. The highest BCUT2D eigenvalue weighted by Crippen LogP contribution is 2.68. The third kappa shape index (κ3) is 2.01. The molecule has 6 atom stereocenters. The average Bonchev–Trinajstić information content (AvgIpc) is 2.20. The lowest BCUT2D eigenvalue weighted by Crippen LogP contribution is -2.71. The molecule has 114 valence electrons. The van der Waals surface area contributed by atoms with Crippen LogP contribution in [0.4, 0.5) is 0 Å². The molecular weight excluding hydrogens is 252 g/mol. The molecule has 3 aliphatic carbocycles. The van der Waals surface area contributed by atoms with Crippen LogP contribution in [0.5, 0.6) is 0 Å². The Morgan fingerprint density at radius 3 is 2.45 bits per heavy atom. The summed E-state index contributed by atoms with van der Waals surface area (Å²) in [7, 11) is 0. The number of carbonyl (C=O) groups is 1. The third-order valence-corrected chi connectivity index (χ3v) is 6.17. The van der Waals surface area contributed by atoms with Gasteiger partial charge in [0.05, 0.1) is 11.5 Å². The molecule has 0 radical (unpaired) electrons. The largest absolute Gasteiger partial charge is 0.458 e. The van der Waals surface area contributed by atoms with E-state index in [1.165, 1.54) is 6.42 Å². The zero-order valence-electron chi connectivity index (χ0n) is 13.4. The smallest absolute Gasteiger partial charge is 0.309 e. The molecule has 0 saturated heterocycles. The maximum absolute atomic E-state index is 12.5. The Bertz CT molecular complexity index is 434. The summed E-state index contributed by atoms with van der Waals surface area (Å²) in [5.41, 5.74) is -1.10. The summed E-state index contributed by atoms with van der Waals surface area (Å²) in [5, 5.41) is 10.5. The maximum atomic E-state index is 12.5. The van der Waals surface area contributed by atoms with Crippen LogP contribution in [0.1, 0.15) is 60.3 Å². The van der Waals surface area contributed by atoms with E-state index in [2.05, 4.69) is 20.8 Å². The van der Waals surface area contributed by atoms with Crippen LogP contribution in [0.2, 0.25) is 0 Å². The fraction of sp³-hybridized carbons (Fsp3) is 0.941. The minimum Gasteiger partial charge on any atom is -0.458 e. The molecule has 1 N–H and O–H groups in total. The van der Waals surface area contributed by atoms with Crippen LogP contribution >= 0.6 is 0 Å². The summed E-state index contributed by atoms with van der Waals surface area (Å²) in [6.45, 7) is 10.1. The van der Waals surface area contributed by atoms with Gasteiger partial charge in [-0.1, -0.05) is 27.7 Å². The molecule has 0 heterocycles. The second-order valence-electron chi connectivity index (χ2n) is 8.94. The van der Waals surface area contributed by atoms with Gasteiger partial charge in [-0.2, -0.15) is 0 Å². The van der Waals surface area contributed by atoms with Crippen molar-refractivity contribution >= 4 is 5.97 Å². The first-order chi connectivity index (χ1) is 9.04. The summed E-state index contributed by atoms with van der Waals surface area (Å²) < 4.78 is 6.00. The van der Waals surface area contributed by atoms with Gasteiger partial charge < -0.3 is 9.84 Å². The number of aliphatic hydroxyl groups is 1. The van der Waals surface area contributed by atoms with E-state index in [9.17, 15) is 9.90 Å². The molecule has 0 aromatic carbocycles. The van der Waals surface area contributed by atoms with Crippen LogP contribution in [0.25, 0.3) is 0 Å². The molecule has 0 amide bonds. The Hall–Kier alpha value is -0.570. The van der Waals surface area contributed by atoms with Gasteiger partial charge in [0.2, 0.25) is 0 Å². The summed E-state index contributed by atoms with van der Waals surface area (Å²) in [5.74, 6) is 1.64. The van der Waals surface area contributed by atoms with Crippen molar-refractivity contribution in [3.8, 4) is 0 Å². The highest BCUT2D eigenvalue weighted by molar-refractivity contribution is 5.73. The maximum Gasteiger partial charge on any atom is 0.309 e. The SMILES string of the molecule is CC(C(=O)OC12CC3CC(CC(C)(O)C1)C32)C(C)(C)C. The van der Waals surface area contributed by atoms with E-state index in [4.69, 9.17) is 4.74 Å². The number of hydrogen-bond donors (Lipinski definition) is 1. The normalized spacial score (nSPS) is 47.6. The predicted molar refractivity (Wildman–Crippen MR) is 77.0 cm³/mol. The van der Waals surface area contributed by atoms with Crippen molar-refractivity contribution in [3.63, 3.8) is 0 Å². The van der Waals surface area contributed by atoms with E-state index < -0.39 is 5.60 Å². The lowest BCUT2D eigenvalue weighted by atomic mass is 9.39. The van der Waals surface area contributed by atoms with Crippen LogP contribution in [-0.2, 0) is 9.53 Å². The van der Waals surface area contributed by atoms with Crippen molar-refractivity contribution in [2.75, 3.05) is 0 Å². The van der Waals surface area contributed by atoms with E-state index in [1.807, 2.05) is 13.8 Å². The van der Waals surface area contributed by atoms with Gasteiger partial charge in [-0.05, 0) is 43.4 Å². The van der Waals surface area contributed by atoms with E-state index in [-0.39, 0.29) is 22.9 Å². The molecule has 0 aliphatic heterocycles. The van der Waals surface area contributed by atoms with Crippen LogP contribution in [0.15, 0.2) is 0 Å². The monoisotopic (exact) mass is 280 g/mol. The molecule has 0 bridgehead atoms. The van der Waals surface area contributed by atoms with Gasteiger partial charge in [0, 0.05) is 12.3 Å². The summed E-state index contributed by atoms with van der Waals surface area (Å²) >= 11 is 0. The molecule has 3 rings (SSSR count). The molecule has 20 heavy (non-hydrogen) atoms. The fourth-order valence-electron chi connectivity index (χ4n) is 4.83. The van der Waals surface area contributed by atoms with Gasteiger partial charge >= 0.3 is 5.97 Å². The zero-order chi connectivity index (χ0) is 14.9. The number of esters is 1. The minimum atomic E-state index is -0.669. The summed E-state index contributed by atoms with van der Waals surface area (Å²) in [6, 6.07) is 0. The van der Waals surface area contributed by atoms with E-state index in [0.29, 0.717) is 18.3 Å². The Kier molecular flexibility index (Phi) is 2.87. The summed E-state index contributed by atoms with van der Waals surface area (Å²) in [4.78, 5) is 12.5.